The van der Waals surface area contributed by atoms with Crippen LogP contribution in [0.1, 0.15) is 23.7 Å². The van der Waals surface area contributed by atoms with E-state index >= 15 is 0 Å². The van der Waals surface area contributed by atoms with Gasteiger partial charge in [-0.1, -0.05) is 30.1 Å². The lowest BCUT2D eigenvalue weighted by Crippen LogP contribution is -2.38. The van der Waals surface area contributed by atoms with Crippen molar-refractivity contribution in [2.45, 2.75) is 13.3 Å². The van der Waals surface area contributed by atoms with Crippen LogP contribution in [0.3, 0.4) is 0 Å². The third-order valence-electron chi connectivity index (χ3n) is 2.58. The number of halogens is 3. The molecular weight excluding hydrogens is 350 g/mol. The van der Waals surface area contributed by atoms with Gasteiger partial charge in [-0.05, 0) is 18.6 Å². The molecule has 6 nitrogen and oxygen atoms in total. The van der Waals surface area contributed by atoms with Crippen molar-refractivity contribution < 1.29 is 23.5 Å². The van der Waals surface area contributed by atoms with Crippen molar-refractivity contribution >= 4 is 41.0 Å². The fourth-order valence-corrected chi connectivity index (χ4v) is 1.90. The van der Waals surface area contributed by atoms with Crippen molar-refractivity contribution in [1.82, 2.24) is 10.6 Å². The quantitative estimate of drug-likeness (QED) is 0.571. The third-order valence-corrected chi connectivity index (χ3v) is 3.18. The Labute approximate surface area is 142 Å². The fraction of sp³-hybridized carbons (Fsp3) is 0.357. The van der Waals surface area contributed by atoms with Gasteiger partial charge in [-0.15, -0.1) is 0 Å². The summed E-state index contributed by atoms with van der Waals surface area (Å²) in [5.74, 6) is -2.83. The molecule has 0 radical (unpaired) electrons. The summed E-state index contributed by atoms with van der Waals surface area (Å²) in [5, 5.41) is 4.51. The largest absolute Gasteiger partial charge is 0.452 e. The van der Waals surface area contributed by atoms with Gasteiger partial charge >= 0.3 is 5.97 Å². The highest BCUT2D eigenvalue weighted by molar-refractivity contribution is 6.36. The Morgan fingerprint density at radius 1 is 1.13 bits per heavy atom. The minimum Gasteiger partial charge on any atom is -0.452 e. The minimum absolute atomic E-state index is 0.0965. The maximum absolute atomic E-state index is 13.3. The van der Waals surface area contributed by atoms with Gasteiger partial charge in [0.15, 0.2) is 6.61 Å². The molecule has 0 aliphatic heterocycles. The van der Waals surface area contributed by atoms with Crippen molar-refractivity contribution in [3.63, 3.8) is 0 Å². The number of ether oxygens (including phenoxy) is 1. The molecular formula is C14H15Cl2FN2O4. The van der Waals surface area contributed by atoms with Gasteiger partial charge in [0.25, 0.3) is 5.91 Å². The van der Waals surface area contributed by atoms with E-state index in [1.165, 1.54) is 0 Å². The number of esters is 1. The Kier molecular flexibility index (Phi) is 7.77. The van der Waals surface area contributed by atoms with Crippen LogP contribution in [0.25, 0.3) is 0 Å². The molecule has 2 amide bonds. The summed E-state index contributed by atoms with van der Waals surface area (Å²) >= 11 is 11.3. The molecule has 0 aliphatic rings. The summed E-state index contributed by atoms with van der Waals surface area (Å²) in [6, 6.07) is 1.89. The van der Waals surface area contributed by atoms with Gasteiger partial charge in [-0.25, -0.2) is 9.18 Å². The molecule has 0 bridgehead atoms. The summed E-state index contributed by atoms with van der Waals surface area (Å²) in [6.07, 6.45) is 0.774. The Morgan fingerprint density at radius 3 is 2.48 bits per heavy atom. The van der Waals surface area contributed by atoms with E-state index in [1.807, 2.05) is 6.92 Å². The van der Waals surface area contributed by atoms with Gasteiger partial charge in [-0.2, -0.15) is 0 Å². The number of amides is 2. The Hall–Kier alpha value is -1.86. The first-order chi connectivity index (χ1) is 10.8. The van der Waals surface area contributed by atoms with E-state index in [2.05, 4.69) is 10.6 Å². The van der Waals surface area contributed by atoms with Crippen molar-refractivity contribution in [2.75, 3.05) is 19.7 Å². The number of hydrogen-bond acceptors (Lipinski definition) is 4. The monoisotopic (exact) mass is 364 g/mol. The second-order valence-corrected chi connectivity index (χ2v) is 5.26. The van der Waals surface area contributed by atoms with Crippen LogP contribution in [0.4, 0.5) is 4.39 Å². The van der Waals surface area contributed by atoms with Gasteiger partial charge in [-0.3, -0.25) is 9.59 Å². The fourth-order valence-electron chi connectivity index (χ4n) is 1.44. The first-order valence-corrected chi connectivity index (χ1v) is 7.45. The highest BCUT2D eigenvalue weighted by Crippen LogP contribution is 2.24. The number of hydrogen-bond donors (Lipinski definition) is 2. The summed E-state index contributed by atoms with van der Waals surface area (Å²) in [4.78, 5) is 34.5. The Morgan fingerprint density at radius 2 is 1.83 bits per heavy atom. The predicted octanol–water partition coefficient (Wildman–Crippen LogP) is 1.93. The first-order valence-electron chi connectivity index (χ1n) is 6.70. The highest BCUT2D eigenvalue weighted by atomic mass is 35.5. The van der Waals surface area contributed by atoms with E-state index in [9.17, 15) is 18.8 Å². The van der Waals surface area contributed by atoms with E-state index in [0.717, 1.165) is 18.6 Å². The van der Waals surface area contributed by atoms with E-state index in [-0.39, 0.29) is 28.1 Å². The number of carbonyl (C=O) groups is 3. The van der Waals surface area contributed by atoms with Gasteiger partial charge in [0.05, 0.1) is 22.2 Å². The van der Waals surface area contributed by atoms with Crippen LogP contribution in [-0.4, -0.2) is 37.5 Å². The van der Waals surface area contributed by atoms with Crippen LogP contribution in [0.15, 0.2) is 12.1 Å². The van der Waals surface area contributed by atoms with Crippen LogP contribution in [0.2, 0.25) is 10.0 Å². The van der Waals surface area contributed by atoms with E-state index in [1.54, 1.807) is 0 Å². The van der Waals surface area contributed by atoms with Crippen LogP contribution in [0, 0.1) is 5.82 Å². The molecule has 0 aromatic heterocycles. The van der Waals surface area contributed by atoms with Crippen molar-refractivity contribution in [3.8, 4) is 0 Å². The predicted molar refractivity (Wildman–Crippen MR) is 83.0 cm³/mol. The lowest BCUT2D eigenvalue weighted by atomic mass is 10.2. The maximum atomic E-state index is 13.3. The van der Waals surface area contributed by atoms with Crippen LogP contribution in [0.5, 0.6) is 0 Å². The Bertz CT molecular complexity index is 611. The summed E-state index contributed by atoms with van der Waals surface area (Å²) in [5.41, 5.74) is -0.248. The molecule has 0 saturated heterocycles. The molecule has 0 saturated carbocycles. The van der Waals surface area contributed by atoms with Crippen LogP contribution >= 0.6 is 23.2 Å². The lowest BCUT2D eigenvalue weighted by Gasteiger charge is -2.08. The van der Waals surface area contributed by atoms with E-state index in [4.69, 9.17) is 27.9 Å². The molecule has 23 heavy (non-hydrogen) atoms. The summed E-state index contributed by atoms with van der Waals surface area (Å²) in [7, 11) is 0. The topological polar surface area (TPSA) is 84.5 Å². The third kappa shape index (κ3) is 6.42. The summed E-state index contributed by atoms with van der Waals surface area (Å²) < 4.78 is 18.0. The number of benzene rings is 1. The normalized spacial score (nSPS) is 10.1. The minimum atomic E-state index is -0.976. The van der Waals surface area contributed by atoms with Crippen molar-refractivity contribution in [2.24, 2.45) is 0 Å². The molecule has 9 heteroatoms. The second-order valence-electron chi connectivity index (χ2n) is 4.45. The van der Waals surface area contributed by atoms with E-state index < -0.39 is 24.3 Å². The molecule has 1 aromatic carbocycles. The van der Waals surface area contributed by atoms with Crippen LogP contribution in [-0.2, 0) is 14.3 Å². The smallest absolute Gasteiger partial charge is 0.340 e. The van der Waals surface area contributed by atoms with Gasteiger partial charge in [0.2, 0.25) is 5.91 Å². The molecule has 2 N–H and O–H groups in total. The average molecular weight is 365 g/mol. The number of carbonyl (C=O) groups excluding carboxylic acids is 3. The standard InChI is InChI=1S/C14H15Cl2FN2O4/c1-2-3-18-12(20)6-19-13(21)7-23-14(22)8-4-11(17)10(16)5-9(8)15/h4-5H,2-3,6-7H2,1H3,(H,18,20)(H,19,21). The first kappa shape index (κ1) is 19.2. The molecule has 0 unspecified atom stereocenters. The van der Waals surface area contributed by atoms with Crippen molar-refractivity contribution in [3.05, 3.63) is 33.6 Å². The van der Waals surface area contributed by atoms with Gasteiger partial charge < -0.3 is 15.4 Å². The highest BCUT2D eigenvalue weighted by Gasteiger charge is 2.17. The van der Waals surface area contributed by atoms with E-state index in [0.29, 0.717) is 6.54 Å². The molecule has 0 atom stereocenters. The second kappa shape index (κ2) is 9.32. The molecule has 0 aliphatic carbocycles. The van der Waals surface area contributed by atoms with Gasteiger partial charge in [0, 0.05) is 6.54 Å². The zero-order chi connectivity index (χ0) is 17.4. The summed E-state index contributed by atoms with van der Waals surface area (Å²) in [6.45, 7) is 1.54. The molecule has 0 spiro atoms. The molecule has 1 aromatic rings. The van der Waals surface area contributed by atoms with Crippen molar-refractivity contribution in [1.29, 1.82) is 0 Å². The van der Waals surface area contributed by atoms with Crippen LogP contribution < -0.4 is 10.6 Å². The molecule has 0 fully saturated rings. The molecule has 126 valence electrons. The molecule has 1 rings (SSSR count). The number of nitrogens with one attached hydrogen (secondary N) is 2. The maximum Gasteiger partial charge on any atom is 0.340 e. The SMILES string of the molecule is CCCNC(=O)CNC(=O)COC(=O)c1cc(F)c(Cl)cc1Cl. The number of rotatable bonds is 7. The zero-order valence-corrected chi connectivity index (χ0v) is 13.8. The van der Waals surface area contributed by atoms with Gasteiger partial charge in [0.1, 0.15) is 5.82 Å². The Balaban J connectivity index is 2.45. The zero-order valence-electron chi connectivity index (χ0n) is 12.3. The lowest BCUT2D eigenvalue weighted by molar-refractivity contribution is -0.127. The molecule has 0 heterocycles. The average Bonchev–Trinajstić information content (AvgIpc) is 2.51.